The summed E-state index contributed by atoms with van der Waals surface area (Å²) in [5, 5.41) is 23.6. The fourth-order valence-electron chi connectivity index (χ4n) is 4.51. The van der Waals surface area contributed by atoms with Gasteiger partial charge in [0.05, 0.1) is 37.6 Å². The highest BCUT2D eigenvalue weighted by molar-refractivity contribution is 6.31. The van der Waals surface area contributed by atoms with E-state index in [1.54, 1.807) is 24.3 Å². The zero-order valence-electron chi connectivity index (χ0n) is 20.5. The third-order valence-electron chi connectivity index (χ3n) is 6.42. The molecule has 4 rings (SSSR count). The Bertz CT molecular complexity index is 1290. The summed E-state index contributed by atoms with van der Waals surface area (Å²) in [6.45, 7) is -0.0566. The number of carbonyl (C=O) groups is 1. The Morgan fingerprint density at radius 1 is 1.14 bits per heavy atom. The third kappa shape index (κ3) is 5.49. The fourth-order valence-corrected chi connectivity index (χ4v) is 4.70. The Kier molecular flexibility index (Phi) is 8.16. The largest absolute Gasteiger partial charge is 0.494 e. The molecule has 1 aliphatic carbocycles. The second-order valence-corrected chi connectivity index (χ2v) is 9.06. The minimum Gasteiger partial charge on any atom is -0.494 e. The molecule has 8 nitrogen and oxygen atoms in total. The predicted molar refractivity (Wildman–Crippen MR) is 136 cm³/mol. The number of aliphatic hydroxyl groups is 2. The van der Waals surface area contributed by atoms with Crippen molar-refractivity contribution in [1.82, 2.24) is 10.3 Å². The van der Waals surface area contributed by atoms with E-state index in [0.29, 0.717) is 59.0 Å². The van der Waals surface area contributed by atoms with Crippen LogP contribution in [0.25, 0.3) is 11.3 Å². The van der Waals surface area contributed by atoms with Crippen molar-refractivity contribution >= 4 is 17.5 Å². The van der Waals surface area contributed by atoms with Gasteiger partial charge in [-0.15, -0.1) is 0 Å². The summed E-state index contributed by atoms with van der Waals surface area (Å²) in [6, 6.07) is 11.7. The maximum Gasteiger partial charge on any atom is 0.251 e. The molecule has 0 bridgehead atoms. The predicted octanol–water partition coefficient (Wildman–Crippen LogP) is 4.10. The summed E-state index contributed by atoms with van der Waals surface area (Å²) in [5.41, 5.74) is 0.177. The van der Waals surface area contributed by atoms with E-state index in [-0.39, 0.29) is 18.2 Å². The number of benzene rings is 2. The van der Waals surface area contributed by atoms with Gasteiger partial charge >= 0.3 is 0 Å². The highest BCUT2D eigenvalue weighted by atomic mass is 35.5. The van der Waals surface area contributed by atoms with Crippen molar-refractivity contribution < 1.29 is 33.6 Å². The highest BCUT2D eigenvalue weighted by Gasteiger charge is 2.45. The number of nitrogens with one attached hydrogen (secondary N) is 1. The van der Waals surface area contributed by atoms with Crippen LogP contribution in [-0.2, 0) is 5.60 Å². The molecule has 0 unspecified atom stereocenters. The second kappa shape index (κ2) is 11.3. The number of halogens is 2. The van der Waals surface area contributed by atoms with Crippen LogP contribution in [0.1, 0.15) is 35.3 Å². The van der Waals surface area contributed by atoms with Crippen LogP contribution in [-0.4, -0.2) is 54.6 Å². The van der Waals surface area contributed by atoms with E-state index in [1.807, 2.05) is 0 Å². The Labute approximate surface area is 219 Å². The molecule has 1 heterocycles. The van der Waals surface area contributed by atoms with Crippen LogP contribution in [0.3, 0.4) is 0 Å². The Morgan fingerprint density at radius 3 is 2.59 bits per heavy atom. The lowest BCUT2D eigenvalue weighted by molar-refractivity contribution is 0.0120. The molecule has 1 amide bonds. The number of amides is 1. The second-order valence-electron chi connectivity index (χ2n) is 8.66. The van der Waals surface area contributed by atoms with Crippen LogP contribution in [0.2, 0.25) is 5.02 Å². The lowest BCUT2D eigenvalue weighted by Crippen LogP contribution is -2.47. The summed E-state index contributed by atoms with van der Waals surface area (Å²) in [7, 11) is 2.95. The van der Waals surface area contributed by atoms with Crippen LogP contribution in [0, 0.1) is 5.82 Å². The topological polar surface area (TPSA) is 110 Å². The number of pyridine rings is 1. The first-order valence-corrected chi connectivity index (χ1v) is 12.1. The van der Waals surface area contributed by atoms with Gasteiger partial charge in [0.15, 0.2) is 11.5 Å². The standard InChI is InChI=1S/C27H28ClFN2O6/c1-35-21-9-10-24(30-25(21)16-5-7-19(29)18(28)14-16)27(34)11-3-4-23(27)31-26(33)17-6-8-20(37-13-12-32)22(15-17)36-2/h5-10,14-15,23,32,34H,3-4,11-13H2,1-2H3,(H,31,33)/t23-,27+/m1/s1. The maximum atomic E-state index is 13.7. The number of aliphatic hydroxyl groups excluding tert-OH is 1. The number of carbonyl (C=O) groups excluding carboxylic acids is 1. The minimum absolute atomic E-state index is 0.0559. The summed E-state index contributed by atoms with van der Waals surface area (Å²) in [6.07, 6.45) is 1.60. The van der Waals surface area contributed by atoms with Crippen LogP contribution < -0.4 is 19.5 Å². The van der Waals surface area contributed by atoms with Crippen LogP contribution in [0.15, 0.2) is 48.5 Å². The summed E-state index contributed by atoms with van der Waals surface area (Å²) >= 11 is 5.98. The minimum atomic E-state index is -1.44. The van der Waals surface area contributed by atoms with Gasteiger partial charge < -0.3 is 29.7 Å². The molecule has 37 heavy (non-hydrogen) atoms. The molecule has 0 spiro atoms. The van der Waals surface area contributed by atoms with Crippen molar-refractivity contribution in [2.45, 2.75) is 30.9 Å². The van der Waals surface area contributed by atoms with Gasteiger partial charge in [0.2, 0.25) is 0 Å². The van der Waals surface area contributed by atoms with Crippen molar-refractivity contribution in [3.63, 3.8) is 0 Å². The van der Waals surface area contributed by atoms with Crippen LogP contribution >= 0.6 is 11.6 Å². The number of methoxy groups -OCH3 is 2. The van der Waals surface area contributed by atoms with E-state index in [1.165, 1.54) is 38.5 Å². The molecule has 10 heteroatoms. The third-order valence-corrected chi connectivity index (χ3v) is 6.71. The van der Waals surface area contributed by atoms with Gasteiger partial charge in [0.25, 0.3) is 5.91 Å². The first-order valence-electron chi connectivity index (χ1n) is 11.8. The molecule has 2 atom stereocenters. The normalized spacial score (nSPS) is 18.9. The molecule has 0 saturated heterocycles. The Morgan fingerprint density at radius 2 is 1.89 bits per heavy atom. The number of rotatable bonds is 9. The lowest BCUT2D eigenvalue weighted by atomic mass is 9.92. The first-order chi connectivity index (χ1) is 17.8. The SMILES string of the molecule is COc1cc(C(=O)N[C@@H]2CCC[C@@]2(O)c2ccc(OC)c(-c3ccc(F)c(Cl)c3)n2)ccc1OCCO. The van der Waals surface area contributed by atoms with Crippen molar-refractivity contribution in [1.29, 1.82) is 0 Å². The summed E-state index contributed by atoms with van der Waals surface area (Å²) < 4.78 is 29.9. The van der Waals surface area contributed by atoms with E-state index in [4.69, 9.17) is 30.9 Å². The van der Waals surface area contributed by atoms with Gasteiger partial charge in [0, 0.05) is 11.1 Å². The molecule has 196 valence electrons. The van der Waals surface area contributed by atoms with E-state index < -0.39 is 23.4 Å². The monoisotopic (exact) mass is 530 g/mol. The molecule has 1 saturated carbocycles. The van der Waals surface area contributed by atoms with Gasteiger partial charge in [-0.05, 0) is 67.8 Å². The molecule has 2 aromatic carbocycles. The summed E-state index contributed by atoms with van der Waals surface area (Å²) in [4.78, 5) is 17.8. The Hall–Kier alpha value is -3.40. The molecular formula is C27H28ClFN2O6. The van der Waals surface area contributed by atoms with Crippen molar-refractivity contribution in [3.8, 4) is 28.5 Å². The molecule has 1 aliphatic rings. The quantitative estimate of drug-likeness (QED) is 0.382. The van der Waals surface area contributed by atoms with Gasteiger partial charge in [-0.25, -0.2) is 9.37 Å². The maximum absolute atomic E-state index is 13.7. The van der Waals surface area contributed by atoms with Crippen LogP contribution in [0.5, 0.6) is 17.2 Å². The average Bonchev–Trinajstić information content (AvgIpc) is 3.29. The molecule has 3 aromatic rings. The first kappa shape index (κ1) is 26.7. The zero-order chi connectivity index (χ0) is 26.6. The van der Waals surface area contributed by atoms with E-state index >= 15 is 0 Å². The van der Waals surface area contributed by atoms with Gasteiger partial charge in [0.1, 0.15) is 29.5 Å². The number of ether oxygens (including phenoxy) is 3. The van der Waals surface area contributed by atoms with E-state index in [0.717, 1.165) is 0 Å². The van der Waals surface area contributed by atoms with E-state index in [9.17, 15) is 14.3 Å². The van der Waals surface area contributed by atoms with Crippen LogP contribution in [0.4, 0.5) is 4.39 Å². The fraction of sp³-hybridized carbons (Fsp3) is 0.333. The lowest BCUT2D eigenvalue weighted by Gasteiger charge is -2.31. The van der Waals surface area contributed by atoms with Gasteiger partial charge in [-0.1, -0.05) is 11.6 Å². The summed E-state index contributed by atoms with van der Waals surface area (Å²) in [5.74, 6) is 0.242. The number of hydrogen-bond donors (Lipinski definition) is 3. The van der Waals surface area contributed by atoms with E-state index in [2.05, 4.69) is 10.3 Å². The van der Waals surface area contributed by atoms with Gasteiger partial charge in [-0.3, -0.25) is 4.79 Å². The number of aromatic nitrogens is 1. The molecule has 3 N–H and O–H groups in total. The Balaban J connectivity index is 1.61. The molecular weight excluding hydrogens is 503 g/mol. The zero-order valence-corrected chi connectivity index (χ0v) is 21.2. The van der Waals surface area contributed by atoms with Crippen molar-refractivity contribution in [3.05, 3.63) is 70.6 Å². The molecule has 0 aliphatic heterocycles. The van der Waals surface area contributed by atoms with Crippen molar-refractivity contribution in [2.75, 3.05) is 27.4 Å². The number of nitrogens with zero attached hydrogens (tertiary/aromatic N) is 1. The smallest absolute Gasteiger partial charge is 0.251 e. The highest BCUT2D eigenvalue weighted by Crippen LogP contribution is 2.41. The van der Waals surface area contributed by atoms with Gasteiger partial charge in [-0.2, -0.15) is 0 Å². The molecule has 1 aromatic heterocycles. The number of hydrogen-bond acceptors (Lipinski definition) is 7. The molecule has 1 fully saturated rings. The molecule has 0 radical (unpaired) electrons. The van der Waals surface area contributed by atoms with Crippen molar-refractivity contribution in [2.24, 2.45) is 0 Å². The average molecular weight is 531 g/mol.